The number of anilines is 1. The minimum absolute atomic E-state index is 0.155. The van der Waals surface area contributed by atoms with E-state index < -0.39 is 0 Å². The third kappa shape index (κ3) is 3.40. The van der Waals surface area contributed by atoms with Gasteiger partial charge in [0.2, 0.25) is 5.91 Å². The molecule has 0 aliphatic heterocycles. The number of aromatic nitrogens is 2. The molecule has 3 rings (SSSR count). The maximum absolute atomic E-state index is 13.5. The lowest BCUT2D eigenvalue weighted by molar-refractivity contribution is -0.116. The van der Waals surface area contributed by atoms with Gasteiger partial charge in [0.05, 0.1) is 12.5 Å². The molecule has 22 heavy (non-hydrogen) atoms. The first-order valence-corrected chi connectivity index (χ1v) is 7.67. The van der Waals surface area contributed by atoms with Gasteiger partial charge in [0.25, 0.3) is 0 Å². The number of hydrogen-bond donors (Lipinski definition) is 1. The molecule has 1 N–H and O–H groups in total. The molecule has 1 amide bonds. The number of benzene rings is 1. The number of nitrogens with zero attached hydrogens (tertiary/aromatic N) is 2. The van der Waals surface area contributed by atoms with Crippen LogP contribution in [0.1, 0.15) is 18.0 Å². The molecule has 1 unspecified atom stereocenters. The Balaban J connectivity index is 1.82. The van der Waals surface area contributed by atoms with Crippen molar-refractivity contribution in [3.8, 4) is 0 Å². The number of rotatable bonds is 5. The fourth-order valence-electron chi connectivity index (χ4n) is 2.30. The maximum Gasteiger partial charge on any atom is 0.228 e. The highest BCUT2D eigenvalue weighted by atomic mass is 32.1. The van der Waals surface area contributed by atoms with Gasteiger partial charge in [-0.15, -0.1) is 11.3 Å². The predicted octanol–water partition coefficient (Wildman–Crippen LogP) is 3.70. The van der Waals surface area contributed by atoms with Crippen LogP contribution < -0.4 is 5.32 Å². The lowest BCUT2D eigenvalue weighted by Crippen LogP contribution is -2.19. The summed E-state index contributed by atoms with van der Waals surface area (Å²) < 4.78 is 15.4. The molecular weight excluding hydrogens is 301 g/mol. The van der Waals surface area contributed by atoms with Crippen LogP contribution in [0.4, 0.5) is 9.52 Å². The van der Waals surface area contributed by atoms with Crippen molar-refractivity contribution < 1.29 is 9.18 Å². The van der Waals surface area contributed by atoms with Crippen LogP contribution in [-0.4, -0.2) is 15.5 Å². The molecule has 0 spiro atoms. The van der Waals surface area contributed by atoms with E-state index in [0.717, 1.165) is 5.56 Å². The van der Waals surface area contributed by atoms with Crippen LogP contribution in [-0.2, 0) is 4.79 Å². The summed E-state index contributed by atoms with van der Waals surface area (Å²) in [5, 5.41) is 5.12. The monoisotopic (exact) mass is 315 g/mol. The van der Waals surface area contributed by atoms with E-state index >= 15 is 0 Å². The SMILES string of the molecule is O=C(CC(c1cccc(F)c1)n1cccc1)Nc1nccs1. The van der Waals surface area contributed by atoms with Gasteiger partial charge in [0.15, 0.2) is 5.13 Å². The van der Waals surface area contributed by atoms with E-state index in [0.29, 0.717) is 5.13 Å². The van der Waals surface area contributed by atoms with Crippen molar-refractivity contribution in [1.82, 2.24) is 9.55 Å². The molecule has 4 nitrogen and oxygen atoms in total. The second kappa shape index (κ2) is 6.53. The number of thiazole rings is 1. The standard InChI is InChI=1S/C16H14FN3OS/c17-13-5-3-4-12(10-13)14(20-7-1-2-8-20)11-15(21)19-16-18-6-9-22-16/h1-10,14H,11H2,(H,18,19,21). The Bertz CT molecular complexity index is 741. The van der Waals surface area contributed by atoms with Crippen molar-refractivity contribution in [1.29, 1.82) is 0 Å². The third-order valence-electron chi connectivity index (χ3n) is 3.28. The fourth-order valence-corrected chi connectivity index (χ4v) is 2.84. The first-order valence-electron chi connectivity index (χ1n) is 6.79. The van der Waals surface area contributed by atoms with Crippen LogP contribution in [0.25, 0.3) is 0 Å². The number of hydrogen-bond acceptors (Lipinski definition) is 3. The molecule has 2 heterocycles. The molecule has 112 valence electrons. The zero-order valence-electron chi connectivity index (χ0n) is 11.6. The van der Waals surface area contributed by atoms with Gasteiger partial charge in [-0.25, -0.2) is 9.37 Å². The summed E-state index contributed by atoms with van der Waals surface area (Å²) in [6.45, 7) is 0. The van der Waals surface area contributed by atoms with E-state index in [-0.39, 0.29) is 24.2 Å². The molecule has 2 aromatic heterocycles. The Hall–Kier alpha value is -2.47. The van der Waals surface area contributed by atoms with E-state index in [2.05, 4.69) is 10.3 Å². The summed E-state index contributed by atoms with van der Waals surface area (Å²) in [7, 11) is 0. The molecule has 1 aromatic carbocycles. The molecule has 0 aliphatic carbocycles. The van der Waals surface area contributed by atoms with Gasteiger partial charge < -0.3 is 9.88 Å². The van der Waals surface area contributed by atoms with Gasteiger partial charge in [0, 0.05) is 24.0 Å². The van der Waals surface area contributed by atoms with Crippen LogP contribution >= 0.6 is 11.3 Å². The molecule has 0 radical (unpaired) electrons. The summed E-state index contributed by atoms with van der Waals surface area (Å²) in [4.78, 5) is 16.3. The summed E-state index contributed by atoms with van der Waals surface area (Å²) >= 11 is 1.36. The molecule has 0 saturated heterocycles. The second-order valence-corrected chi connectivity index (χ2v) is 5.69. The molecular formula is C16H14FN3OS. The van der Waals surface area contributed by atoms with E-state index in [9.17, 15) is 9.18 Å². The van der Waals surface area contributed by atoms with Crippen LogP contribution in [0.15, 0.2) is 60.4 Å². The number of carbonyl (C=O) groups excluding carboxylic acids is 1. The van der Waals surface area contributed by atoms with Crippen molar-refractivity contribution >= 4 is 22.4 Å². The number of nitrogens with one attached hydrogen (secondary N) is 1. The average molecular weight is 315 g/mol. The topological polar surface area (TPSA) is 46.9 Å². The van der Waals surface area contributed by atoms with Crippen LogP contribution in [0.2, 0.25) is 0 Å². The number of carbonyl (C=O) groups is 1. The Morgan fingerprint density at radius 3 is 2.82 bits per heavy atom. The van der Waals surface area contributed by atoms with Crippen molar-refractivity contribution in [3.05, 3.63) is 71.7 Å². The molecule has 0 aliphatic rings. The molecule has 0 bridgehead atoms. The van der Waals surface area contributed by atoms with Gasteiger partial charge in [-0.1, -0.05) is 12.1 Å². The van der Waals surface area contributed by atoms with Crippen LogP contribution in [0.3, 0.4) is 0 Å². The molecule has 0 saturated carbocycles. The predicted molar refractivity (Wildman–Crippen MR) is 84.3 cm³/mol. The first kappa shape index (κ1) is 14.5. The van der Waals surface area contributed by atoms with Gasteiger partial charge >= 0.3 is 0 Å². The van der Waals surface area contributed by atoms with Gasteiger partial charge in [-0.2, -0.15) is 0 Å². The second-order valence-electron chi connectivity index (χ2n) is 4.79. The highest BCUT2D eigenvalue weighted by Gasteiger charge is 2.18. The Morgan fingerprint density at radius 2 is 2.14 bits per heavy atom. The highest BCUT2D eigenvalue weighted by Crippen LogP contribution is 2.24. The Morgan fingerprint density at radius 1 is 1.32 bits per heavy atom. The lowest BCUT2D eigenvalue weighted by Gasteiger charge is -2.19. The van der Waals surface area contributed by atoms with Crippen molar-refractivity contribution in [2.75, 3.05) is 5.32 Å². The summed E-state index contributed by atoms with van der Waals surface area (Å²) in [5.41, 5.74) is 0.755. The van der Waals surface area contributed by atoms with Gasteiger partial charge in [-0.3, -0.25) is 4.79 Å². The number of amides is 1. The van der Waals surface area contributed by atoms with Gasteiger partial charge in [0.1, 0.15) is 5.82 Å². The van der Waals surface area contributed by atoms with E-state index in [1.54, 1.807) is 17.6 Å². The van der Waals surface area contributed by atoms with E-state index in [1.165, 1.54) is 23.5 Å². The Kier molecular flexibility index (Phi) is 4.29. The lowest BCUT2D eigenvalue weighted by atomic mass is 10.0. The average Bonchev–Trinajstić information content (AvgIpc) is 3.18. The normalized spacial score (nSPS) is 12.0. The number of halogens is 1. The molecule has 3 aromatic rings. The Labute approximate surface area is 131 Å². The molecule has 1 atom stereocenters. The largest absolute Gasteiger partial charge is 0.346 e. The smallest absolute Gasteiger partial charge is 0.228 e. The van der Waals surface area contributed by atoms with Crippen LogP contribution in [0.5, 0.6) is 0 Å². The summed E-state index contributed by atoms with van der Waals surface area (Å²) in [6, 6.07) is 9.83. The molecule has 0 fully saturated rings. The van der Waals surface area contributed by atoms with Crippen molar-refractivity contribution in [2.45, 2.75) is 12.5 Å². The van der Waals surface area contributed by atoms with Crippen molar-refractivity contribution in [2.24, 2.45) is 0 Å². The first-order chi connectivity index (χ1) is 10.7. The van der Waals surface area contributed by atoms with Gasteiger partial charge in [-0.05, 0) is 29.8 Å². The summed E-state index contributed by atoms with van der Waals surface area (Å²) in [5.74, 6) is -0.465. The summed E-state index contributed by atoms with van der Waals surface area (Å²) in [6.07, 6.45) is 5.58. The van der Waals surface area contributed by atoms with E-state index in [1.807, 2.05) is 35.2 Å². The zero-order valence-corrected chi connectivity index (χ0v) is 12.5. The van der Waals surface area contributed by atoms with E-state index in [4.69, 9.17) is 0 Å². The van der Waals surface area contributed by atoms with Crippen molar-refractivity contribution in [3.63, 3.8) is 0 Å². The van der Waals surface area contributed by atoms with Crippen LogP contribution in [0, 0.1) is 5.82 Å². The highest BCUT2D eigenvalue weighted by molar-refractivity contribution is 7.13. The minimum Gasteiger partial charge on any atom is -0.346 e. The zero-order chi connectivity index (χ0) is 15.4. The minimum atomic E-state index is -0.310. The maximum atomic E-state index is 13.5. The quantitative estimate of drug-likeness (QED) is 0.780. The fraction of sp³-hybridized carbons (Fsp3) is 0.125. The third-order valence-corrected chi connectivity index (χ3v) is 3.97. The molecule has 6 heteroatoms.